The normalized spacial score (nSPS) is 15.4. The van der Waals surface area contributed by atoms with Gasteiger partial charge in [0.25, 0.3) is 0 Å². The van der Waals surface area contributed by atoms with Crippen LogP contribution in [0.2, 0.25) is 5.02 Å². The lowest BCUT2D eigenvalue weighted by Gasteiger charge is -2.36. The summed E-state index contributed by atoms with van der Waals surface area (Å²) in [6, 6.07) is 13.4. The summed E-state index contributed by atoms with van der Waals surface area (Å²) in [5.74, 6) is 0.276. The molecule has 0 unspecified atom stereocenters. The molecule has 1 aromatic heterocycles. The first-order valence-corrected chi connectivity index (χ1v) is 9.54. The van der Waals surface area contributed by atoms with E-state index in [1.807, 2.05) is 18.2 Å². The van der Waals surface area contributed by atoms with Crippen LogP contribution in [-0.4, -0.2) is 49.2 Å². The van der Waals surface area contributed by atoms with E-state index in [0.29, 0.717) is 17.7 Å². The first-order chi connectivity index (χ1) is 13.2. The maximum atomic E-state index is 11.2. The molecule has 1 N–H and O–H groups in total. The van der Waals surface area contributed by atoms with E-state index in [2.05, 4.69) is 26.9 Å². The smallest absolute Gasteiger partial charge is 0.417 e. The Morgan fingerprint density at radius 1 is 1.07 bits per heavy atom. The highest BCUT2D eigenvalue weighted by Gasteiger charge is 2.16. The molecule has 0 bridgehead atoms. The van der Waals surface area contributed by atoms with Crippen LogP contribution in [0.3, 0.4) is 0 Å². The number of ether oxygens (including phenoxy) is 1. The zero-order valence-electron chi connectivity index (χ0n) is 15.0. The van der Waals surface area contributed by atoms with E-state index in [0.717, 1.165) is 49.9 Å². The second-order valence-corrected chi connectivity index (χ2v) is 7.12. The fourth-order valence-corrected chi connectivity index (χ4v) is 3.50. The third kappa shape index (κ3) is 4.46. The van der Waals surface area contributed by atoms with Crippen LogP contribution >= 0.6 is 11.6 Å². The lowest BCUT2D eigenvalue weighted by molar-refractivity contribution is 0.225. The molecule has 142 valence electrons. The van der Waals surface area contributed by atoms with Crippen LogP contribution in [0, 0.1) is 0 Å². The largest absolute Gasteiger partial charge is 0.493 e. The van der Waals surface area contributed by atoms with Crippen molar-refractivity contribution >= 4 is 28.4 Å². The summed E-state index contributed by atoms with van der Waals surface area (Å²) in [6.45, 7) is 5.77. The Labute approximate surface area is 162 Å². The van der Waals surface area contributed by atoms with Gasteiger partial charge in [0.1, 0.15) is 5.75 Å². The standard InChI is InChI=1S/C20H22ClN3O3/c21-15-2-4-16(5-3-15)24-11-9-23(10-12-24)8-1-13-26-17-6-7-18-19(14-17)27-20(25)22-18/h2-7,14H,1,8-13H2,(H,22,25). The Kier molecular flexibility index (Phi) is 5.36. The molecule has 3 aromatic rings. The number of oxazole rings is 1. The third-order valence-electron chi connectivity index (χ3n) is 4.84. The molecule has 2 aromatic carbocycles. The topological polar surface area (TPSA) is 61.7 Å². The maximum Gasteiger partial charge on any atom is 0.417 e. The van der Waals surface area contributed by atoms with Gasteiger partial charge in [-0.05, 0) is 42.8 Å². The average Bonchev–Trinajstić information content (AvgIpc) is 3.06. The van der Waals surface area contributed by atoms with Gasteiger partial charge in [0, 0.05) is 49.5 Å². The van der Waals surface area contributed by atoms with Gasteiger partial charge < -0.3 is 14.1 Å². The van der Waals surface area contributed by atoms with Crippen molar-refractivity contribution in [2.45, 2.75) is 6.42 Å². The number of halogens is 1. The van der Waals surface area contributed by atoms with Crippen LogP contribution in [0.1, 0.15) is 6.42 Å². The highest BCUT2D eigenvalue weighted by atomic mass is 35.5. The van der Waals surface area contributed by atoms with Crippen molar-refractivity contribution in [1.29, 1.82) is 0 Å². The Morgan fingerprint density at radius 2 is 1.85 bits per heavy atom. The van der Waals surface area contributed by atoms with E-state index in [4.69, 9.17) is 20.8 Å². The lowest BCUT2D eigenvalue weighted by atomic mass is 10.2. The monoisotopic (exact) mass is 387 g/mol. The molecule has 0 spiro atoms. The van der Waals surface area contributed by atoms with Crippen molar-refractivity contribution in [2.24, 2.45) is 0 Å². The lowest BCUT2D eigenvalue weighted by Crippen LogP contribution is -2.46. The number of fused-ring (bicyclic) bond motifs is 1. The summed E-state index contributed by atoms with van der Waals surface area (Å²) in [5, 5.41) is 0.773. The van der Waals surface area contributed by atoms with E-state index in [1.54, 1.807) is 12.1 Å². The molecule has 0 aliphatic carbocycles. The molecular weight excluding hydrogens is 366 g/mol. The minimum Gasteiger partial charge on any atom is -0.493 e. The molecule has 6 nitrogen and oxygen atoms in total. The highest BCUT2D eigenvalue weighted by Crippen LogP contribution is 2.20. The van der Waals surface area contributed by atoms with Gasteiger partial charge in [0.15, 0.2) is 5.58 Å². The number of aromatic amines is 1. The van der Waals surface area contributed by atoms with Gasteiger partial charge in [0.2, 0.25) is 0 Å². The van der Waals surface area contributed by atoms with Crippen molar-refractivity contribution in [3.63, 3.8) is 0 Å². The predicted molar refractivity (Wildman–Crippen MR) is 107 cm³/mol. The van der Waals surface area contributed by atoms with E-state index >= 15 is 0 Å². The second kappa shape index (κ2) is 8.06. The summed E-state index contributed by atoms with van der Waals surface area (Å²) in [7, 11) is 0. The first-order valence-electron chi connectivity index (χ1n) is 9.16. The Balaban J connectivity index is 1.19. The summed E-state index contributed by atoms with van der Waals surface area (Å²) >= 11 is 5.96. The van der Waals surface area contributed by atoms with Crippen molar-refractivity contribution in [2.75, 3.05) is 44.2 Å². The van der Waals surface area contributed by atoms with Gasteiger partial charge in [-0.25, -0.2) is 4.79 Å². The minimum absolute atomic E-state index is 0.445. The van der Waals surface area contributed by atoms with Crippen LogP contribution in [0.15, 0.2) is 51.7 Å². The fourth-order valence-electron chi connectivity index (χ4n) is 3.38. The summed E-state index contributed by atoms with van der Waals surface area (Å²) in [4.78, 5) is 18.7. The van der Waals surface area contributed by atoms with Crippen molar-refractivity contribution in [1.82, 2.24) is 9.88 Å². The van der Waals surface area contributed by atoms with E-state index < -0.39 is 5.76 Å². The van der Waals surface area contributed by atoms with Crippen molar-refractivity contribution < 1.29 is 9.15 Å². The first kappa shape index (κ1) is 17.9. The van der Waals surface area contributed by atoms with Crippen LogP contribution in [0.4, 0.5) is 5.69 Å². The molecule has 0 radical (unpaired) electrons. The Hall–Kier alpha value is -2.44. The molecule has 0 atom stereocenters. The summed E-state index contributed by atoms with van der Waals surface area (Å²) < 4.78 is 10.8. The molecule has 27 heavy (non-hydrogen) atoms. The minimum atomic E-state index is -0.445. The molecular formula is C20H22ClN3O3. The molecule has 0 amide bonds. The van der Waals surface area contributed by atoms with Gasteiger partial charge in [-0.15, -0.1) is 0 Å². The van der Waals surface area contributed by atoms with Gasteiger partial charge in [-0.1, -0.05) is 11.6 Å². The highest BCUT2D eigenvalue weighted by molar-refractivity contribution is 6.30. The number of hydrogen-bond acceptors (Lipinski definition) is 5. The van der Waals surface area contributed by atoms with Crippen LogP contribution in [0.5, 0.6) is 5.75 Å². The van der Waals surface area contributed by atoms with Crippen molar-refractivity contribution in [3.05, 3.63) is 58.0 Å². The Morgan fingerprint density at radius 3 is 2.63 bits per heavy atom. The predicted octanol–water partition coefficient (Wildman–Crippen LogP) is 3.37. The molecule has 0 saturated carbocycles. The number of piperazine rings is 1. The average molecular weight is 388 g/mol. The fraction of sp³-hybridized carbons (Fsp3) is 0.350. The van der Waals surface area contributed by atoms with Crippen molar-refractivity contribution in [3.8, 4) is 5.75 Å². The number of benzene rings is 2. The number of rotatable bonds is 6. The zero-order valence-corrected chi connectivity index (χ0v) is 15.7. The van der Waals surface area contributed by atoms with Gasteiger partial charge >= 0.3 is 5.76 Å². The number of nitrogens with zero attached hydrogens (tertiary/aromatic N) is 2. The SMILES string of the molecule is O=c1[nH]c2ccc(OCCCN3CCN(c4ccc(Cl)cc4)CC3)cc2o1. The van der Waals surface area contributed by atoms with Gasteiger partial charge in [-0.2, -0.15) is 0 Å². The van der Waals surface area contributed by atoms with E-state index in [9.17, 15) is 4.79 Å². The zero-order chi connectivity index (χ0) is 18.6. The molecule has 2 heterocycles. The molecule has 7 heteroatoms. The second-order valence-electron chi connectivity index (χ2n) is 6.68. The summed E-state index contributed by atoms with van der Waals surface area (Å²) in [5.41, 5.74) is 2.44. The van der Waals surface area contributed by atoms with E-state index in [1.165, 1.54) is 5.69 Å². The van der Waals surface area contributed by atoms with Crippen LogP contribution in [-0.2, 0) is 0 Å². The van der Waals surface area contributed by atoms with Gasteiger partial charge in [-0.3, -0.25) is 9.88 Å². The number of hydrogen-bond donors (Lipinski definition) is 1. The molecule has 1 aliphatic rings. The molecule has 1 aliphatic heterocycles. The number of aromatic nitrogens is 1. The molecule has 4 rings (SSSR count). The Bertz CT molecular complexity index is 943. The number of anilines is 1. The number of nitrogens with one attached hydrogen (secondary N) is 1. The molecule has 1 fully saturated rings. The quantitative estimate of drug-likeness (QED) is 0.657. The molecule has 1 saturated heterocycles. The maximum absolute atomic E-state index is 11.2. The summed E-state index contributed by atoms with van der Waals surface area (Å²) in [6.07, 6.45) is 0.954. The van der Waals surface area contributed by atoms with E-state index in [-0.39, 0.29) is 0 Å². The third-order valence-corrected chi connectivity index (χ3v) is 5.10. The van der Waals surface area contributed by atoms with Crippen LogP contribution < -0.4 is 15.4 Å². The van der Waals surface area contributed by atoms with Gasteiger partial charge in [0.05, 0.1) is 12.1 Å². The number of H-pyrrole nitrogens is 1. The van der Waals surface area contributed by atoms with Crippen LogP contribution in [0.25, 0.3) is 11.1 Å².